The molecule has 0 fully saturated rings. The Hall–Kier alpha value is -2.08. The van der Waals surface area contributed by atoms with Crippen LogP contribution in [0.5, 0.6) is 5.75 Å². The summed E-state index contributed by atoms with van der Waals surface area (Å²) in [5.74, 6) is -0.869. The van der Waals surface area contributed by atoms with Gasteiger partial charge in [0.15, 0.2) is 0 Å². The number of carbonyl (C=O) groups excluding carboxylic acids is 1. The zero-order valence-corrected chi connectivity index (χ0v) is 10.8. The highest BCUT2D eigenvalue weighted by atomic mass is 16.5. The van der Waals surface area contributed by atoms with E-state index < -0.39 is 18.0 Å². The third kappa shape index (κ3) is 4.97. The number of hydrogen-bond acceptors (Lipinski definition) is 4. The van der Waals surface area contributed by atoms with Crippen molar-refractivity contribution in [3.05, 3.63) is 29.8 Å². The van der Waals surface area contributed by atoms with E-state index in [0.717, 1.165) is 0 Å². The molecule has 1 amide bonds. The van der Waals surface area contributed by atoms with Crippen molar-refractivity contribution in [2.45, 2.75) is 18.9 Å². The van der Waals surface area contributed by atoms with Crippen LogP contribution >= 0.6 is 0 Å². The van der Waals surface area contributed by atoms with Crippen molar-refractivity contribution >= 4 is 11.9 Å². The summed E-state index contributed by atoms with van der Waals surface area (Å²) in [6.07, 6.45) is -0.435. The lowest BCUT2D eigenvalue weighted by Crippen LogP contribution is -2.42. The maximum atomic E-state index is 11.8. The molecule has 0 aliphatic carbocycles. The molecule has 6 nitrogen and oxygen atoms in total. The number of carboxylic acid groups (broad SMARTS) is 1. The van der Waals surface area contributed by atoms with E-state index in [-0.39, 0.29) is 12.5 Å². The van der Waals surface area contributed by atoms with Crippen LogP contribution in [0.1, 0.15) is 23.7 Å². The third-order valence-corrected chi connectivity index (χ3v) is 2.51. The number of ether oxygens (including phenoxy) is 1. The largest absolute Gasteiger partial charge is 0.497 e. The first kappa shape index (κ1) is 15.0. The predicted octanol–water partition coefficient (Wildman–Crippen LogP) is 0.651. The van der Waals surface area contributed by atoms with Gasteiger partial charge in [0.25, 0.3) is 5.91 Å². The molecule has 0 saturated carbocycles. The van der Waals surface area contributed by atoms with Gasteiger partial charge < -0.3 is 20.3 Å². The first-order chi connectivity index (χ1) is 8.84. The highest BCUT2D eigenvalue weighted by molar-refractivity contribution is 5.94. The van der Waals surface area contributed by atoms with Gasteiger partial charge in [-0.1, -0.05) is 0 Å². The van der Waals surface area contributed by atoms with E-state index in [1.54, 1.807) is 24.3 Å². The molecule has 1 unspecified atom stereocenters. The van der Waals surface area contributed by atoms with E-state index >= 15 is 0 Å². The fraction of sp³-hybridized carbons (Fsp3) is 0.385. The van der Waals surface area contributed by atoms with Crippen LogP contribution in [0.25, 0.3) is 0 Å². The quantitative estimate of drug-likeness (QED) is 0.703. The van der Waals surface area contributed by atoms with E-state index in [1.165, 1.54) is 14.0 Å². The van der Waals surface area contributed by atoms with E-state index in [1.807, 2.05) is 0 Å². The topological polar surface area (TPSA) is 95.9 Å². The van der Waals surface area contributed by atoms with Gasteiger partial charge in [-0.05, 0) is 31.2 Å². The van der Waals surface area contributed by atoms with Crippen LogP contribution < -0.4 is 10.1 Å². The molecular formula is C13H17NO5. The summed E-state index contributed by atoms with van der Waals surface area (Å²) < 4.78 is 4.97. The van der Waals surface area contributed by atoms with E-state index in [2.05, 4.69) is 5.32 Å². The van der Waals surface area contributed by atoms with Crippen LogP contribution in [-0.4, -0.2) is 41.3 Å². The van der Waals surface area contributed by atoms with Crippen molar-refractivity contribution in [3.63, 3.8) is 0 Å². The van der Waals surface area contributed by atoms with Crippen molar-refractivity contribution in [3.8, 4) is 5.75 Å². The zero-order chi connectivity index (χ0) is 14.5. The van der Waals surface area contributed by atoms with Crippen LogP contribution in [0, 0.1) is 0 Å². The first-order valence-corrected chi connectivity index (χ1v) is 5.70. The molecule has 104 valence electrons. The lowest BCUT2D eigenvalue weighted by atomic mass is 10.0. The van der Waals surface area contributed by atoms with Gasteiger partial charge in [-0.15, -0.1) is 0 Å². The van der Waals surface area contributed by atoms with Crippen LogP contribution in [-0.2, 0) is 4.79 Å². The first-order valence-electron chi connectivity index (χ1n) is 5.70. The van der Waals surface area contributed by atoms with Crippen molar-refractivity contribution < 1.29 is 24.5 Å². The molecule has 1 rings (SSSR count). The van der Waals surface area contributed by atoms with Gasteiger partial charge in [-0.25, -0.2) is 0 Å². The monoisotopic (exact) mass is 267 g/mol. The summed E-state index contributed by atoms with van der Waals surface area (Å²) in [4.78, 5) is 22.3. The molecule has 0 aromatic heterocycles. The molecule has 0 aliphatic rings. The molecule has 0 spiro atoms. The number of benzene rings is 1. The minimum absolute atomic E-state index is 0.135. The molecule has 19 heavy (non-hydrogen) atoms. The molecular weight excluding hydrogens is 250 g/mol. The Morgan fingerprint density at radius 2 is 1.89 bits per heavy atom. The van der Waals surface area contributed by atoms with Crippen LogP contribution in [0.3, 0.4) is 0 Å². The lowest BCUT2D eigenvalue weighted by Gasteiger charge is -2.21. The Balaban J connectivity index is 2.57. The molecule has 0 aliphatic heterocycles. The number of carbonyl (C=O) groups is 2. The molecule has 0 bridgehead atoms. The maximum Gasteiger partial charge on any atom is 0.306 e. The van der Waals surface area contributed by atoms with E-state index in [0.29, 0.717) is 11.3 Å². The summed E-state index contributed by atoms with van der Waals surface area (Å²) in [6, 6.07) is 6.45. The summed E-state index contributed by atoms with van der Waals surface area (Å²) in [5.41, 5.74) is -1.07. The standard InChI is InChI=1S/C13H17NO5/c1-13(18,7-11(15)16)8-14-12(17)9-3-5-10(19-2)6-4-9/h3-6,18H,7-8H2,1-2H3,(H,14,17)(H,15,16). The fourth-order valence-corrected chi connectivity index (χ4v) is 1.50. The van der Waals surface area contributed by atoms with Gasteiger partial charge in [-0.2, -0.15) is 0 Å². The lowest BCUT2D eigenvalue weighted by molar-refractivity contribution is -0.141. The van der Waals surface area contributed by atoms with E-state index in [4.69, 9.17) is 9.84 Å². The Morgan fingerprint density at radius 1 is 1.32 bits per heavy atom. The smallest absolute Gasteiger partial charge is 0.306 e. The maximum absolute atomic E-state index is 11.8. The average molecular weight is 267 g/mol. The number of aliphatic hydroxyl groups is 1. The fourth-order valence-electron chi connectivity index (χ4n) is 1.50. The molecule has 1 atom stereocenters. The summed E-state index contributed by atoms with van der Waals surface area (Å²) in [5, 5.41) is 20.8. The van der Waals surface area contributed by atoms with Crippen LogP contribution in [0.15, 0.2) is 24.3 Å². The van der Waals surface area contributed by atoms with Crippen LogP contribution in [0.2, 0.25) is 0 Å². The Bertz CT molecular complexity index is 453. The van der Waals surface area contributed by atoms with Gasteiger partial charge in [0.05, 0.1) is 19.1 Å². The summed E-state index contributed by atoms with van der Waals surface area (Å²) in [6.45, 7) is 1.22. The number of hydrogen-bond donors (Lipinski definition) is 3. The van der Waals surface area contributed by atoms with Gasteiger partial charge in [-0.3, -0.25) is 9.59 Å². The molecule has 1 aromatic carbocycles. The van der Waals surface area contributed by atoms with Gasteiger partial charge in [0.1, 0.15) is 5.75 Å². The third-order valence-electron chi connectivity index (χ3n) is 2.51. The number of methoxy groups -OCH3 is 1. The molecule has 0 radical (unpaired) electrons. The predicted molar refractivity (Wildman–Crippen MR) is 68.2 cm³/mol. The Morgan fingerprint density at radius 3 is 2.37 bits per heavy atom. The van der Waals surface area contributed by atoms with Crippen molar-refractivity contribution in [1.29, 1.82) is 0 Å². The average Bonchev–Trinajstić information content (AvgIpc) is 2.34. The Labute approximate surface area is 111 Å². The minimum atomic E-state index is -1.48. The van der Waals surface area contributed by atoms with Crippen molar-refractivity contribution in [2.75, 3.05) is 13.7 Å². The van der Waals surface area contributed by atoms with Crippen molar-refractivity contribution in [1.82, 2.24) is 5.32 Å². The second-order valence-corrected chi connectivity index (χ2v) is 4.48. The van der Waals surface area contributed by atoms with Gasteiger partial charge in [0, 0.05) is 12.1 Å². The number of carboxylic acids is 1. The second-order valence-electron chi connectivity index (χ2n) is 4.48. The van der Waals surface area contributed by atoms with E-state index in [9.17, 15) is 14.7 Å². The molecule has 1 aromatic rings. The van der Waals surface area contributed by atoms with Gasteiger partial charge in [0.2, 0.25) is 0 Å². The Kier molecular flexibility index (Phi) is 4.88. The molecule has 0 heterocycles. The number of aliphatic carboxylic acids is 1. The molecule has 0 saturated heterocycles. The normalized spacial score (nSPS) is 13.4. The summed E-state index contributed by atoms with van der Waals surface area (Å²) in [7, 11) is 1.53. The number of nitrogens with one attached hydrogen (secondary N) is 1. The number of rotatable bonds is 6. The van der Waals surface area contributed by atoms with Crippen LogP contribution in [0.4, 0.5) is 0 Å². The van der Waals surface area contributed by atoms with Gasteiger partial charge >= 0.3 is 5.97 Å². The molecule has 6 heteroatoms. The highest BCUT2D eigenvalue weighted by Gasteiger charge is 2.24. The highest BCUT2D eigenvalue weighted by Crippen LogP contribution is 2.12. The second kappa shape index (κ2) is 6.19. The minimum Gasteiger partial charge on any atom is -0.497 e. The van der Waals surface area contributed by atoms with Crippen molar-refractivity contribution in [2.24, 2.45) is 0 Å². The molecule has 3 N–H and O–H groups in total. The SMILES string of the molecule is COc1ccc(C(=O)NCC(C)(O)CC(=O)O)cc1. The zero-order valence-electron chi connectivity index (χ0n) is 10.8. The number of amides is 1. The summed E-state index contributed by atoms with van der Waals surface area (Å²) >= 11 is 0.